The number of aromatic nitrogens is 1. The molecule has 0 unspecified atom stereocenters. The van der Waals surface area contributed by atoms with Crippen LogP contribution in [0.2, 0.25) is 0 Å². The Labute approximate surface area is 166 Å². The van der Waals surface area contributed by atoms with Crippen LogP contribution in [0.1, 0.15) is 16.7 Å². The minimum absolute atomic E-state index is 0.357. The summed E-state index contributed by atoms with van der Waals surface area (Å²) in [6.07, 6.45) is 1.74. The number of hydrogen-bond acceptors (Lipinski definition) is 6. The van der Waals surface area contributed by atoms with E-state index in [1.54, 1.807) is 23.6 Å². The number of benzene rings is 3. The molecule has 28 heavy (non-hydrogen) atoms. The summed E-state index contributed by atoms with van der Waals surface area (Å²) in [7, 11) is 0. The average molecular weight is 384 g/mol. The Morgan fingerprint density at radius 2 is 1.82 bits per heavy atom. The number of nitrogens with zero attached hydrogens (tertiary/aromatic N) is 3. The summed E-state index contributed by atoms with van der Waals surface area (Å²) in [5, 5.41) is 14.1. The van der Waals surface area contributed by atoms with Crippen LogP contribution in [-0.2, 0) is 6.61 Å². The lowest BCUT2D eigenvalue weighted by Gasteiger charge is -2.07. The van der Waals surface area contributed by atoms with Crippen molar-refractivity contribution in [1.29, 1.82) is 5.26 Å². The number of hydrogen-bond donors (Lipinski definition) is 1. The zero-order valence-electron chi connectivity index (χ0n) is 14.9. The Hall–Kier alpha value is -3.69. The third-order valence-electron chi connectivity index (χ3n) is 4.08. The van der Waals surface area contributed by atoms with Gasteiger partial charge in [-0.3, -0.25) is 5.43 Å². The van der Waals surface area contributed by atoms with E-state index in [-0.39, 0.29) is 0 Å². The minimum Gasteiger partial charge on any atom is -0.489 e. The van der Waals surface area contributed by atoms with Gasteiger partial charge in [-0.1, -0.05) is 41.7 Å². The van der Waals surface area contributed by atoms with Crippen molar-refractivity contribution in [2.24, 2.45) is 5.10 Å². The molecule has 0 aliphatic heterocycles. The second-order valence-electron chi connectivity index (χ2n) is 5.98. The Balaban J connectivity index is 1.35. The first-order valence-corrected chi connectivity index (χ1v) is 9.49. The van der Waals surface area contributed by atoms with Crippen LogP contribution >= 0.6 is 11.3 Å². The number of fused-ring (bicyclic) bond motifs is 1. The Morgan fingerprint density at radius 3 is 2.64 bits per heavy atom. The summed E-state index contributed by atoms with van der Waals surface area (Å²) < 4.78 is 6.90. The Kier molecular flexibility index (Phi) is 5.27. The lowest BCUT2D eigenvalue weighted by Crippen LogP contribution is -1.98. The van der Waals surface area contributed by atoms with Gasteiger partial charge in [0.2, 0.25) is 5.13 Å². The molecule has 0 aliphatic rings. The van der Waals surface area contributed by atoms with Crippen molar-refractivity contribution in [3.8, 4) is 11.8 Å². The predicted molar refractivity (Wildman–Crippen MR) is 113 cm³/mol. The van der Waals surface area contributed by atoms with Gasteiger partial charge >= 0.3 is 0 Å². The highest BCUT2D eigenvalue weighted by atomic mass is 32.1. The summed E-state index contributed by atoms with van der Waals surface area (Å²) in [6, 6.07) is 25.2. The molecule has 4 rings (SSSR count). The van der Waals surface area contributed by atoms with Crippen molar-refractivity contribution < 1.29 is 4.74 Å². The van der Waals surface area contributed by atoms with Gasteiger partial charge in [0.05, 0.1) is 28.1 Å². The molecule has 5 nitrogen and oxygen atoms in total. The topological polar surface area (TPSA) is 70.3 Å². The monoisotopic (exact) mass is 384 g/mol. The SMILES string of the molecule is N#Cc1ccccc1COc1ccc(/C=N\Nc2nc3ccccc3s2)cc1. The van der Waals surface area contributed by atoms with E-state index in [1.165, 1.54) is 0 Å². The average Bonchev–Trinajstić information content (AvgIpc) is 3.16. The van der Waals surface area contributed by atoms with Crippen molar-refractivity contribution in [2.75, 3.05) is 5.43 Å². The van der Waals surface area contributed by atoms with E-state index in [9.17, 15) is 0 Å². The number of rotatable bonds is 6. The second-order valence-corrected chi connectivity index (χ2v) is 7.01. The molecule has 0 aliphatic carbocycles. The number of hydrazone groups is 1. The lowest BCUT2D eigenvalue weighted by atomic mass is 10.1. The molecule has 0 spiro atoms. The van der Waals surface area contributed by atoms with E-state index in [2.05, 4.69) is 21.6 Å². The largest absolute Gasteiger partial charge is 0.489 e. The first-order valence-electron chi connectivity index (χ1n) is 8.67. The number of para-hydroxylation sites is 1. The standard InChI is InChI=1S/C22H16N4OS/c23-13-17-5-1-2-6-18(17)15-27-19-11-9-16(10-12-19)14-24-26-22-25-20-7-3-4-8-21(20)28-22/h1-12,14H,15H2,(H,25,26)/b24-14-. The number of anilines is 1. The van der Waals surface area contributed by atoms with Crippen LogP contribution in [0.25, 0.3) is 10.2 Å². The van der Waals surface area contributed by atoms with Crippen LogP contribution in [0.4, 0.5) is 5.13 Å². The molecule has 0 saturated carbocycles. The fourth-order valence-electron chi connectivity index (χ4n) is 2.65. The molecule has 0 amide bonds. The van der Waals surface area contributed by atoms with Crippen molar-refractivity contribution >= 4 is 32.9 Å². The maximum Gasteiger partial charge on any atom is 0.204 e. The van der Waals surface area contributed by atoms with Gasteiger partial charge in [0, 0.05) is 5.56 Å². The molecule has 1 heterocycles. The molecule has 3 aromatic carbocycles. The zero-order chi connectivity index (χ0) is 19.2. The Morgan fingerprint density at radius 1 is 1.04 bits per heavy atom. The van der Waals surface area contributed by atoms with Crippen LogP contribution in [0.5, 0.6) is 5.75 Å². The zero-order valence-corrected chi connectivity index (χ0v) is 15.7. The first kappa shape index (κ1) is 17.7. The van der Waals surface area contributed by atoms with Crippen LogP contribution in [0.3, 0.4) is 0 Å². The normalized spacial score (nSPS) is 10.8. The summed E-state index contributed by atoms with van der Waals surface area (Å²) in [4.78, 5) is 4.48. The number of thiazole rings is 1. The molecule has 0 bridgehead atoms. The number of nitrogens with one attached hydrogen (secondary N) is 1. The fourth-order valence-corrected chi connectivity index (χ4v) is 3.46. The van der Waals surface area contributed by atoms with E-state index in [4.69, 9.17) is 10.00 Å². The molecular formula is C22H16N4OS. The minimum atomic E-state index is 0.357. The van der Waals surface area contributed by atoms with E-state index in [0.717, 1.165) is 32.2 Å². The van der Waals surface area contributed by atoms with E-state index < -0.39 is 0 Å². The van der Waals surface area contributed by atoms with Crippen molar-refractivity contribution in [1.82, 2.24) is 4.98 Å². The maximum absolute atomic E-state index is 9.13. The van der Waals surface area contributed by atoms with Crippen molar-refractivity contribution in [3.63, 3.8) is 0 Å². The van der Waals surface area contributed by atoms with Gasteiger partial charge in [0.15, 0.2) is 0 Å². The number of nitriles is 1. The van der Waals surface area contributed by atoms with Gasteiger partial charge < -0.3 is 4.74 Å². The van der Waals surface area contributed by atoms with Crippen molar-refractivity contribution in [3.05, 3.63) is 89.5 Å². The lowest BCUT2D eigenvalue weighted by molar-refractivity contribution is 0.306. The van der Waals surface area contributed by atoms with E-state index in [0.29, 0.717) is 12.2 Å². The molecule has 136 valence electrons. The number of ether oxygens (including phenoxy) is 1. The highest BCUT2D eigenvalue weighted by Crippen LogP contribution is 2.25. The highest BCUT2D eigenvalue weighted by Gasteiger charge is 2.03. The van der Waals surface area contributed by atoms with Crippen molar-refractivity contribution in [2.45, 2.75) is 6.61 Å². The van der Waals surface area contributed by atoms with Crippen LogP contribution in [-0.4, -0.2) is 11.2 Å². The summed E-state index contributed by atoms with van der Waals surface area (Å²) in [5.74, 6) is 0.740. The first-order chi connectivity index (χ1) is 13.8. The van der Waals surface area contributed by atoms with E-state index in [1.807, 2.05) is 66.7 Å². The molecule has 0 atom stereocenters. The molecule has 6 heteroatoms. The summed E-state index contributed by atoms with van der Waals surface area (Å²) in [6.45, 7) is 0.357. The van der Waals surface area contributed by atoms with Gasteiger partial charge in [-0.2, -0.15) is 10.4 Å². The quantitative estimate of drug-likeness (QED) is 0.367. The maximum atomic E-state index is 9.13. The molecule has 0 saturated heterocycles. The van der Waals surface area contributed by atoms with Crippen LogP contribution in [0, 0.1) is 11.3 Å². The third-order valence-corrected chi connectivity index (χ3v) is 5.02. The van der Waals surface area contributed by atoms with E-state index >= 15 is 0 Å². The predicted octanol–water partition coefficient (Wildman–Crippen LogP) is 5.19. The fraction of sp³-hybridized carbons (Fsp3) is 0.0455. The summed E-state index contributed by atoms with van der Waals surface area (Å²) in [5.41, 5.74) is 6.38. The molecular weight excluding hydrogens is 368 g/mol. The second kappa shape index (κ2) is 8.33. The molecule has 0 radical (unpaired) electrons. The van der Waals surface area contributed by atoms with Gasteiger partial charge in [0.25, 0.3) is 0 Å². The molecule has 1 aromatic heterocycles. The third kappa shape index (κ3) is 4.17. The summed E-state index contributed by atoms with van der Waals surface area (Å²) >= 11 is 1.56. The molecule has 4 aromatic rings. The molecule has 0 fully saturated rings. The Bertz CT molecular complexity index is 1130. The highest BCUT2D eigenvalue weighted by molar-refractivity contribution is 7.22. The van der Waals surface area contributed by atoms with Gasteiger partial charge in [-0.05, 0) is 48.0 Å². The van der Waals surface area contributed by atoms with Gasteiger partial charge in [0.1, 0.15) is 12.4 Å². The smallest absolute Gasteiger partial charge is 0.204 e. The van der Waals surface area contributed by atoms with Gasteiger partial charge in [-0.25, -0.2) is 4.98 Å². The van der Waals surface area contributed by atoms with Crippen LogP contribution in [0.15, 0.2) is 77.9 Å². The van der Waals surface area contributed by atoms with Gasteiger partial charge in [-0.15, -0.1) is 0 Å². The van der Waals surface area contributed by atoms with Crippen LogP contribution < -0.4 is 10.2 Å². The molecule has 1 N–H and O–H groups in total.